The van der Waals surface area contributed by atoms with E-state index in [1.54, 1.807) is 4.90 Å². The van der Waals surface area contributed by atoms with Gasteiger partial charge in [0.2, 0.25) is 0 Å². The second-order valence-corrected chi connectivity index (χ2v) is 5.77. The number of amides is 2. The topological polar surface area (TPSA) is 43.8 Å². The Morgan fingerprint density at radius 1 is 1.21 bits per heavy atom. The van der Waals surface area contributed by atoms with Gasteiger partial charge in [0.05, 0.1) is 11.3 Å². The minimum Gasteiger partial charge on any atom is -0.385 e. The van der Waals surface area contributed by atoms with Crippen molar-refractivity contribution in [1.82, 2.24) is 4.90 Å². The van der Waals surface area contributed by atoms with Crippen LogP contribution in [0.25, 0.3) is 0 Å². The van der Waals surface area contributed by atoms with Crippen molar-refractivity contribution in [1.29, 1.82) is 0 Å². The van der Waals surface area contributed by atoms with Crippen molar-refractivity contribution in [3.05, 3.63) is 29.8 Å². The van der Waals surface area contributed by atoms with E-state index >= 15 is 0 Å². The van der Waals surface area contributed by atoms with Crippen LogP contribution in [0.1, 0.15) is 32.3 Å². The first-order valence-corrected chi connectivity index (χ1v) is 6.93. The van der Waals surface area contributed by atoms with Gasteiger partial charge in [0.1, 0.15) is 0 Å². The molecule has 1 aliphatic carbocycles. The van der Waals surface area contributed by atoms with Gasteiger partial charge in [-0.25, -0.2) is 4.79 Å². The Labute approximate surface area is 113 Å². The molecule has 2 fully saturated rings. The Morgan fingerprint density at radius 2 is 1.89 bits per heavy atom. The van der Waals surface area contributed by atoms with E-state index in [1.165, 1.54) is 0 Å². The van der Waals surface area contributed by atoms with Crippen molar-refractivity contribution in [3.8, 4) is 0 Å². The zero-order chi connectivity index (χ0) is 13.6. The van der Waals surface area contributed by atoms with E-state index in [2.05, 4.69) is 0 Å². The summed E-state index contributed by atoms with van der Waals surface area (Å²) in [5.74, 6) is 0. The second-order valence-electron chi connectivity index (χ2n) is 5.77. The minimum atomic E-state index is -0.706. The van der Waals surface area contributed by atoms with Crippen LogP contribution in [0.15, 0.2) is 24.3 Å². The lowest BCUT2D eigenvalue weighted by Gasteiger charge is -2.24. The summed E-state index contributed by atoms with van der Waals surface area (Å²) in [7, 11) is 0. The number of para-hydroxylation sites is 1. The molecule has 0 radical (unpaired) electrons. The smallest absolute Gasteiger partial charge is 0.324 e. The monoisotopic (exact) mass is 260 g/mol. The Bertz CT molecular complexity index is 509. The van der Waals surface area contributed by atoms with Crippen LogP contribution in [0.3, 0.4) is 0 Å². The number of aliphatic hydroxyl groups is 1. The molecule has 1 heterocycles. The number of nitrogens with zero attached hydrogens (tertiary/aromatic N) is 2. The molecular formula is C15H20N2O2. The molecule has 0 aromatic heterocycles. The molecule has 0 unspecified atom stereocenters. The van der Waals surface area contributed by atoms with Crippen LogP contribution in [0, 0.1) is 0 Å². The molecule has 1 aromatic carbocycles. The molecule has 1 N–H and O–H groups in total. The summed E-state index contributed by atoms with van der Waals surface area (Å²) in [6, 6.07) is 7.99. The second kappa shape index (κ2) is 4.23. The Hall–Kier alpha value is -1.55. The van der Waals surface area contributed by atoms with Crippen LogP contribution >= 0.6 is 0 Å². The van der Waals surface area contributed by atoms with E-state index in [0.717, 1.165) is 30.6 Å². The van der Waals surface area contributed by atoms with Crippen LogP contribution < -0.4 is 4.90 Å². The van der Waals surface area contributed by atoms with E-state index in [-0.39, 0.29) is 12.1 Å². The van der Waals surface area contributed by atoms with E-state index < -0.39 is 5.60 Å². The zero-order valence-corrected chi connectivity index (χ0v) is 11.5. The number of carbonyl (C=O) groups excluding carboxylic acids is 1. The SMILES string of the molecule is CC(C)N1CCN(c2ccccc2C2(O)CC2)C1=O. The highest BCUT2D eigenvalue weighted by molar-refractivity contribution is 5.95. The summed E-state index contributed by atoms with van der Waals surface area (Å²) in [5.41, 5.74) is 1.06. The van der Waals surface area contributed by atoms with E-state index in [9.17, 15) is 9.90 Å². The van der Waals surface area contributed by atoms with Gasteiger partial charge in [-0.1, -0.05) is 18.2 Å². The third kappa shape index (κ3) is 2.00. The molecule has 1 saturated heterocycles. The van der Waals surface area contributed by atoms with Gasteiger partial charge in [0.15, 0.2) is 0 Å². The van der Waals surface area contributed by atoms with Crippen LogP contribution in [0.2, 0.25) is 0 Å². The van der Waals surface area contributed by atoms with Crippen LogP contribution in [-0.4, -0.2) is 35.2 Å². The third-order valence-corrected chi connectivity index (χ3v) is 4.08. The Morgan fingerprint density at radius 3 is 2.47 bits per heavy atom. The maximum atomic E-state index is 12.4. The first-order valence-electron chi connectivity index (χ1n) is 6.93. The molecule has 0 spiro atoms. The average molecular weight is 260 g/mol. The number of hydrogen-bond donors (Lipinski definition) is 1. The zero-order valence-electron chi connectivity index (χ0n) is 11.5. The summed E-state index contributed by atoms with van der Waals surface area (Å²) >= 11 is 0. The van der Waals surface area contributed by atoms with Crippen molar-refractivity contribution < 1.29 is 9.90 Å². The summed E-state index contributed by atoms with van der Waals surface area (Å²) in [6.45, 7) is 5.51. The summed E-state index contributed by atoms with van der Waals surface area (Å²) < 4.78 is 0. The van der Waals surface area contributed by atoms with Gasteiger partial charge in [-0.15, -0.1) is 0 Å². The lowest BCUT2D eigenvalue weighted by Crippen LogP contribution is -2.36. The predicted molar refractivity (Wildman–Crippen MR) is 74.2 cm³/mol. The quantitative estimate of drug-likeness (QED) is 0.906. The molecular weight excluding hydrogens is 240 g/mol. The van der Waals surface area contributed by atoms with Crippen LogP contribution in [0.4, 0.5) is 10.5 Å². The van der Waals surface area contributed by atoms with Gasteiger partial charge in [0, 0.05) is 24.7 Å². The van der Waals surface area contributed by atoms with Crippen molar-refractivity contribution in [2.45, 2.75) is 38.3 Å². The van der Waals surface area contributed by atoms with Crippen LogP contribution in [0.5, 0.6) is 0 Å². The van der Waals surface area contributed by atoms with Crippen LogP contribution in [-0.2, 0) is 5.60 Å². The Balaban J connectivity index is 1.94. The highest BCUT2D eigenvalue weighted by Crippen LogP contribution is 2.49. The molecule has 2 amide bonds. The van der Waals surface area contributed by atoms with E-state index in [0.29, 0.717) is 6.54 Å². The molecule has 3 rings (SSSR count). The van der Waals surface area contributed by atoms with Crippen molar-refractivity contribution in [2.24, 2.45) is 0 Å². The third-order valence-electron chi connectivity index (χ3n) is 4.08. The van der Waals surface area contributed by atoms with Crippen molar-refractivity contribution in [2.75, 3.05) is 18.0 Å². The number of urea groups is 1. The molecule has 102 valence electrons. The van der Waals surface area contributed by atoms with Crippen molar-refractivity contribution >= 4 is 11.7 Å². The highest BCUT2D eigenvalue weighted by atomic mass is 16.3. The lowest BCUT2D eigenvalue weighted by molar-refractivity contribution is 0.152. The summed E-state index contributed by atoms with van der Waals surface area (Å²) in [6.07, 6.45) is 1.58. The number of rotatable bonds is 3. The number of benzene rings is 1. The lowest BCUT2D eigenvalue weighted by atomic mass is 10.0. The van der Waals surface area contributed by atoms with Gasteiger partial charge in [0.25, 0.3) is 0 Å². The normalized spacial score (nSPS) is 21.4. The molecule has 4 heteroatoms. The fourth-order valence-corrected chi connectivity index (χ4v) is 2.75. The summed E-state index contributed by atoms with van der Waals surface area (Å²) in [5, 5.41) is 10.4. The predicted octanol–water partition coefficient (Wildman–Crippen LogP) is 2.32. The van der Waals surface area contributed by atoms with E-state index in [1.807, 2.05) is 43.0 Å². The fourth-order valence-electron chi connectivity index (χ4n) is 2.75. The number of hydrogen-bond acceptors (Lipinski definition) is 2. The average Bonchev–Trinajstić information content (AvgIpc) is 3.01. The summed E-state index contributed by atoms with van der Waals surface area (Å²) in [4.78, 5) is 16.1. The van der Waals surface area contributed by atoms with Gasteiger partial charge in [-0.2, -0.15) is 0 Å². The minimum absolute atomic E-state index is 0.0479. The van der Waals surface area contributed by atoms with Gasteiger partial charge in [-0.05, 0) is 32.8 Å². The van der Waals surface area contributed by atoms with Gasteiger partial charge in [-0.3, -0.25) is 4.90 Å². The molecule has 1 aliphatic heterocycles. The maximum Gasteiger partial charge on any atom is 0.324 e. The Kier molecular flexibility index (Phi) is 2.78. The maximum absolute atomic E-state index is 12.4. The fraction of sp³-hybridized carbons (Fsp3) is 0.533. The molecule has 0 bridgehead atoms. The standard InChI is InChI=1S/C15H20N2O2/c1-11(2)16-9-10-17(14(16)18)13-6-4-3-5-12(13)15(19)7-8-15/h3-6,11,19H,7-10H2,1-2H3. The number of anilines is 1. The first kappa shape index (κ1) is 12.5. The molecule has 0 atom stereocenters. The van der Waals surface area contributed by atoms with Gasteiger partial charge < -0.3 is 10.0 Å². The van der Waals surface area contributed by atoms with Gasteiger partial charge >= 0.3 is 6.03 Å². The molecule has 2 aliphatic rings. The van der Waals surface area contributed by atoms with E-state index in [4.69, 9.17) is 0 Å². The van der Waals surface area contributed by atoms with Crippen molar-refractivity contribution in [3.63, 3.8) is 0 Å². The highest BCUT2D eigenvalue weighted by Gasteiger charge is 2.45. The first-order chi connectivity index (χ1) is 9.03. The molecule has 1 saturated carbocycles. The largest absolute Gasteiger partial charge is 0.385 e. The molecule has 4 nitrogen and oxygen atoms in total. The number of carbonyl (C=O) groups is 1. The molecule has 19 heavy (non-hydrogen) atoms. The molecule has 1 aromatic rings.